The molecule has 0 bridgehead atoms. The van der Waals surface area contributed by atoms with Crippen LogP contribution in [0.3, 0.4) is 0 Å². The Hall–Kier alpha value is -1.06. The van der Waals surface area contributed by atoms with E-state index in [1.165, 1.54) is 7.05 Å². The lowest BCUT2D eigenvalue weighted by molar-refractivity contribution is -0.138. The molecule has 1 aliphatic heterocycles. The van der Waals surface area contributed by atoms with Crippen molar-refractivity contribution < 1.29 is 14.3 Å². The van der Waals surface area contributed by atoms with Gasteiger partial charge in [0.2, 0.25) is 0 Å². The molecule has 1 saturated carbocycles. The first-order valence-electron chi connectivity index (χ1n) is 4.67. The van der Waals surface area contributed by atoms with Gasteiger partial charge in [-0.2, -0.15) is 0 Å². The van der Waals surface area contributed by atoms with E-state index in [0.717, 1.165) is 24.2 Å². The van der Waals surface area contributed by atoms with Gasteiger partial charge < -0.3 is 4.74 Å². The molecule has 0 aromatic rings. The summed E-state index contributed by atoms with van der Waals surface area (Å²) >= 11 is 0. The smallest absolute Gasteiger partial charge is 0.417 e. The summed E-state index contributed by atoms with van der Waals surface area (Å²) in [4.78, 5) is 23.9. The third kappa shape index (κ3) is 1.12. The van der Waals surface area contributed by atoms with E-state index in [4.69, 9.17) is 4.74 Å². The average molecular weight is 183 g/mol. The molecule has 2 aliphatic rings. The van der Waals surface area contributed by atoms with Crippen molar-refractivity contribution in [1.29, 1.82) is 0 Å². The highest BCUT2D eigenvalue weighted by Gasteiger charge is 2.52. The summed E-state index contributed by atoms with van der Waals surface area (Å²) in [5.74, 6) is -0.155. The van der Waals surface area contributed by atoms with Gasteiger partial charge in [-0.15, -0.1) is 0 Å². The fourth-order valence-corrected chi connectivity index (χ4v) is 2.11. The van der Waals surface area contributed by atoms with E-state index in [0.29, 0.717) is 12.8 Å². The topological polar surface area (TPSA) is 46.6 Å². The number of amides is 2. The number of hydrogen-bond acceptors (Lipinski definition) is 3. The molecule has 0 atom stereocenters. The maximum absolute atomic E-state index is 11.7. The third-order valence-electron chi connectivity index (χ3n) is 2.91. The Kier molecular flexibility index (Phi) is 1.78. The van der Waals surface area contributed by atoms with Crippen LogP contribution in [-0.2, 0) is 9.53 Å². The Labute approximate surface area is 76.8 Å². The maximum Gasteiger partial charge on any atom is 0.417 e. The molecule has 13 heavy (non-hydrogen) atoms. The predicted molar refractivity (Wildman–Crippen MR) is 45.1 cm³/mol. The van der Waals surface area contributed by atoms with E-state index < -0.39 is 11.7 Å². The summed E-state index contributed by atoms with van der Waals surface area (Å²) < 4.78 is 5.15. The monoisotopic (exact) mass is 183 g/mol. The van der Waals surface area contributed by atoms with Gasteiger partial charge in [0.05, 0.1) is 0 Å². The fourth-order valence-electron chi connectivity index (χ4n) is 2.11. The lowest BCUT2D eigenvalue weighted by Crippen LogP contribution is -2.41. The molecule has 4 heteroatoms. The van der Waals surface area contributed by atoms with Crippen LogP contribution in [0, 0.1) is 0 Å². The summed E-state index contributed by atoms with van der Waals surface area (Å²) in [5.41, 5.74) is -0.788. The molecule has 2 fully saturated rings. The number of carbonyl (C=O) groups is 2. The highest BCUT2D eigenvalue weighted by atomic mass is 16.6. The van der Waals surface area contributed by atoms with Crippen molar-refractivity contribution in [2.45, 2.75) is 37.7 Å². The minimum absolute atomic E-state index is 0.155. The van der Waals surface area contributed by atoms with Crippen LogP contribution in [0.1, 0.15) is 32.1 Å². The van der Waals surface area contributed by atoms with Gasteiger partial charge in [0.25, 0.3) is 5.91 Å². The van der Waals surface area contributed by atoms with E-state index in [9.17, 15) is 9.59 Å². The molecule has 2 rings (SSSR count). The Morgan fingerprint density at radius 1 is 1.23 bits per heavy atom. The summed E-state index contributed by atoms with van der Waals surface area (Å²) in [6.45, 7) is 0. The number of rotatable bonds is 0. The number of carbonyl (C=O) groups excluding carboxylic acids is 2. The third-order valence-corrected chi connectivity index (χ3v) is 2.91. The van der Waals surface area contributed by atoms with Gasteiger partial charge in [0.1, 0.15) is 0 Å². The van der Waals surface area contributed by atoms with Gasteiger partial charge >= 0.3 is 6.09 Å². The zero-order chi connectivity index (χ0) is 9.47. The summed E-state index contributed by atoms with van der Waals surface area (Å²) in [7, 11) is 1.48. The standard InChI is InChI=1S/C9H13NO3/c1-10-7(11)9(13-8(10)12)5-3-2-4-6-9/h2-6H2,1H3. The first kappa shape index (κ1) is 8.53. The molecule has 72 valence electrons. The first-order valence-corrected chi connectivity index (χ1v) is 4.67. The molecule has 1 heterocycles. The lowest BCUT2D eigenvalue weighted by Gasteiger charge is -2.28. The van der Waals surface area contributed by atoms with Crippen molar-refractivity contribution in [3.63, 3.8) is 0 Å². The van der Waals surface area contributed by atoms with E-state index in [-0.39, 0.29) is 5.91 Å². The fraction of sp³-hybridized carbons (Fsp3) is 0.778. The minimum Gasteiger partial charge on any atom is -0.432 e. The van der Waals surface area contributed by atoms with E-state index in [2.05, 4.69) is 0 Å². The Bertz CT molecular complexity index is 256. The van der Waals surface area contributed by atoms with Crippen molar-refractivity contribution in [3.8, 4) is 0 Å². The van der Waals surface area contributed by atoms with Crippen molar-refractivity contribution in [2.75, 3.05) is 7.05 Å². The van der Waals surface area contributed by atoms with Crippen LogP contribution in [0.25, 0.3) is 0 Å². The molecule has 0 radical (unpaired) electrons. The van der Waals surface area contributed by atoms with E-state index >= 15 is 0 Å². The molecule has 0 aromatic heterocycles. The molecule has 4 nitrogen and oxygen atoms in total. The van der Waals surface area contributed by atoms with Gasteiger partial charge in [-0.25, -0.2) is 9.69 Å². The van der Waals surface area contributed by atoms with Crippen LogP contribution >= 0.6 is 0 Å². The van der Waals surface area contributed by atoms with Crippen molar-refractivity contribution >= 4 is 12.0 Å². The number of nitrogens with zero attached hydrogens (tertiary/aromatic N) is 1. The average Bonchev–Trinajstić information content (AvgIpc) is 2.33. The Balaban J connectivity index is 2.23. The number of imide groups is 1. The largest absolute Gasteiger partial charge is 0.432 e. The van der Waals surface area contributed by atoms with Crippen LogP contribution < -0.4 is 0 Å². The minimum atomic E-state index is -0.788. The van der Waals surface area contributed by atoms with Crippen molar-refractivity contribution in [1.82, 2.24) is 4.90 Å². The molecular formula is C9H13NO3. The van der Waals surface area contributed by atoms with Crippen molar-refractivity contribution in [3.05, 3.63) is 0 Å². The number of ether oxygens (including phenoxy) is 1. The number of likely N-dealkylation sites (N-methyl/N-ethyl adjacent to an activating group) is 1. The van der Waals surface area contributed by atoms with Crippen LogP contribution in [0.5, 0.6) is 0 Å². The summed E-state index contributed by atoms with van der Waals surface area (Å²) in [6, 6.07) is 0. The Morgan fingerprint density at radius 3 is 2.31 bits per heavy atom. The maximum atomic E-state index is 11.7. The molecule has 2 amide bonds. The quantitative estimate of drug-likeness (QED) is 0.568. The van der Waals surface area contributed by atoms with Gasteiger partial charge in [0.15, 0.2) is 5.60 Å². The van der Waals surface area contributed by atoms with Crippen LogP contribution in [0.15, 0.2) is 0 Å². The normalized spacial score (nSPS) is 26.7. The van der Waals surface area contributed by atoms with Crippen LogP contribution in [0.2, 0.25) is 0 Å². The number of hydrogen-bond donors (Lipinski definition) is 0. The summed E-state index contributed by atoms with van der Waals surface area (Å²) in [6.07, 6.45) is 3.99. The zero-order valence-electron chi connectivity index (χ0n) is 7.71. The van der Waals surface area contributed by atoms with Gasteiger partial charge in [-0.3, -0.25) is 4.79 Å². The van der Waals surface area contributed by atoms with E-state index in [1.807, 2.05) is 0 Å². The molecule has 0 aromatic carbocycles. The molecule has 1 aliphatic carbocycles. The predicted octanol–water partition coefficient (Wildman–Crippen LogP) is 1.30. The van der Waals surface area contributed by atoms with Crippen LogP contribution in [0.4, 0.5) is 4.79 Å². The first-order chi connectivity index (χ1) is 6.16. The zero-order valence-corrected chi connectivity index (χ0v) is 7.71. The van der Waals surface area contributed by atoms with Crippen LogP contribution in [-0.4, -0.2) is 29.5 Å². The second-order valence-electron chi connectivity index (χ2n) is 3.79. The van der Waals surface area contributed by atoms with Gasteiger partial charge in [-0.1, -0.05) is 6.42 Å². The SMILES string of the molecule is CN1C(=O)OC2(CCCCC2)C1=O. The van der Waals surface area contributed by atoms with E-state index in [1.54, 1.807) is 0 Å². The highest BCUT2D eigenvalue weighted by Crippen LogP contribution is 2.37. The van der Waals surface area contributed by atoms with Gasteiger partial charge in [0, 0.05) is 7.05 Å². The highest BCUT2D eigenvalue weighted by molar-refractivity contribution is 6.02. The molecular weight excluding hydrogens is 170 g/mol. The Morgan fingerprint density at radius 2 is 1.85 bits per heavy atom. The summed E-state index contributed by atoms with van der Waals surface area (Å²) in [5, 5.41) is 0. The second-order valence-corrected chi connectivity index (χ2v) is 3.79. The van der Waals surface area contributed by atoms with Gasteiger partial charge in [-0.05, 0) is 25.7 Å². The molecule has 0 N–H and O–H groups in total. The lowest BCUT2D eigenvalue weighted by atomic mass is 9.84. The molecule has 1 saturated heterocycles. The molecule has 1 spiro atoms. The second kappa shape index (κ2) is 2.72. The molecule has 0 unspecified atom stereocenters. The van der Waals surface area contributed by atoms with Crippen molar-refractivity contribution in [2.24, 2.45) is 0 Å².